The van der Waals surface area contributed by atoms with Crippen LogP contribution in [0.4, 0.5) is 4.79 Å². The number of imidazole rings is 2. The summed E-state index contributed by atoms with van der Waals surface area (Å²) >= 11 is 0. The fourth-order valence-electron chi connectivity index (χ4n) is 5.13. The van der Waals surface area contributed by atoms with Crippen molar-refractivity contribution in [3.8, 4) is 33.6 Å². The molecule has 0 unspecified atom stereocenters. The smallest absolute Gasteiger partial charge is 0.407 e. The normalized spacial score (nSPS) is 15.3. The van der Waals surface area contributed by atoms with E-state index in [1.807, 2.05) is 43.4 Å². The third-order valence-electron chi connectivity index (χ3n) is 7.02. The summed E-state index contributed by atoms with van der Waals surface area (Å²) in [6.07, 6.45) is 4.36. The number of benzene rings is 2. The molecule has 0 saturated carbocycles. The second-order valence-electron chi connectivity index (χ2n) is 9.77. The highest BCUT2D eigenvalue weighted by Crippen LogP contribution is 2.32. The number of carbonyl (C=O) groups is 2. The lowest BCUT2D eigenvalue weighted by Crippen LogP contribution is -2.29. The molecule has 5 rings (SSSR count). The van der Waals surface area contributed by atoms with Crippen molar-refractivity contribution in [2.75, 3.05) is 20.1 Å². The number of amides is 1. The van der Waals surface area contributed by atoms with Crippen LogP contribution in [-0.2, 0) is 6.54 Å². The summed E-state index contributed by atoms with van der Waals surface area (Å²) in [7, 11) is 2.04. The zero-order chi connectivity index (χ0) is 26.6. The van der Waals surface area contributed by atoms with Crippen LogP contribution in [0.25, 0.3) is 33.6 Å². The van der Waals surface area contributed by atoms with Gasteiger partial charge in [0.05, 0.1) is 30.2 Å². The lowest BCUT2D eigenvalue weighted by Gasteiger charge is -2.19. The molecule has 1 aliphatic heterocycles. The third-order valence-corrected chi connectivity index (χ3v) is 7.02. The topological polar surface area (TPSA) is 118 Å². The van der Waals surface area contributed by atoms with Gasteiger partial charge in [0.2, 0.25) is 0 Å². The Morgan fingerprint density at radius 1 is 1.08 bits per heavy atom. The molecule has 38 heavy (non-hydrogen) atoms. The Bertz CT molecular complexity index is 1410. The van der Waals surface area contributed by atoms with Gasteiger partial charge in [-0.3, -0.25) is 14.6 Å². The fourth-order valence-corrected chi connectivity index (χ4v) is 5.13. The Labute approximate surface area is 221 Å². The number of aldehydes is 1. The summed E-state index contributed by atoms with van der Waals surface area (Å²) in [6, 6.07) is 16.0. The van der Waals surface area contributed by atoms with Gasteiger partial charge in [0.25, 0.3) is 0 Å². The van der Waals surface area contributed by atoms with Crippen molar-refractivity contribution in [2.45, 2.75) is 38.8 Å². The van der Waals surface area contributed by atoms with Gasteiger partial charge in [-0.15, -0.1) is 0 Å². The second kappa shape index (κ2) is 11.0. The van der Waals surface area contributed by atoms with Gasteiger partial charge in [0.1, 0.15) is 17.3 Å². The largest absolute Gasteiger partial charge is 0.465 e. The maximum absolute atomic E-state index is 11.7. The van der Waals surface area contributed by atoms with E-state index in [1.165, 1.54) is 4.90 Å². The predicted octanol–water partition coefficient (Wildman–Crippen LogP) is 5.60. The van der Waals surface area contributed by atoms with E-state index >= 15 is 0 Å². The first-order valence-corrected chi connectivity index (χ1v) is 12.9. The fraction of sp³-hybridized carbons (Fsp3) is 0.310. The number of aromatic amines is 2. The Balaban J connectivity index is 1.30. The zero-order valence-electron chi connectivity index (χ0n) is 21.6. The van der Waals surface area contributed by atoms with Crippen LogP contribution in [0.1, 0.15) is 54.4 Å². The molecule has 9 heteroatoms. The quantitative estimate of drug-likeness (QED) is 0.251. The Kier molecular flexibility index (Phi) is 7.37. The van der Waals surface area contributed by atoms with Gasteiger partial charge >= 0.3 is 6.09 Å². The molecule has 3 heterocycles. The maximum Gasteiger partial charge on any atom is 0.407 e. The van der Waals surface area contributed by atoms with Crippen molar-refractivity contribution in [1.82, 2.24) is 29.7 Å². The molecule has 2 aromatic heterocycles. The molecule has 2 aromatic carbocycles. The first-order chi connectivity index (χ1) is 18.5. The number of rotatable bonds is 9. The number of carbonyl (C=O) groups excluding carboxylic acids is 1. The molecule has 0 spiro atoms. The monoisotopic (exact) mass is 512 g/mol. The molecule has 1 aliphatic rings. The summed E-state index contributed by atoms with van der Waals surface area (Å²) in [5.41, 5.74) is 6.01. The molecule has 0 bridgehead atoms. The van der Waals surface area contributed by atoms with Crippen LogP contribution in [-0.4, -0.2) is 67.4 Å². The Morgan fingerprint density at radius 2 is 1.74 bits per heavy atom. The first-order valence-electron chi connectivity index (χ1n) is 12.9. The lowest BCUT2D eigenvalue weighted by atomic mass is 10.0. The zero-order valence-corrected chi connectivity index (χ0v) is 21.6. The van der Waals surface area contributed by atoms with Crippen molar-refractivity contribution in [3.63, 3.8) is 0 Å². The van der Waals surface area contributed by atoms with Crippen molar-refractivity contribution in [2.24, 2.45) is 0 Å². The standard InChI is InChI=1S/C29H32N6O3/c1-3-14-34(2)17-26-31-24(18-36)27(33-26)22-12-8-20(9-13-22)19-6-10-21(11-7-19)23-16-30-28(32-23)25-5-4-15-35(25)29(37)38/h6-13,16,18,25H,3-5,14-15,17H2,1-2H3,(H,30,32)(H,31,33)(H,37,38)/t25-/m0/s1. The highest BCUT2D eigenvalue weighted by atomic mass is 16.4. The molecule has 0 aliphatic carbocycles. The minimum Gasteiger partial charge on any atom is -0.465 e. The number of likely N-dealkylation sites (tertiary alicyclic amines) is 1. The second-order valence-corrected chi connectivity index (χ2v) is 9.77. The molecular weight excluding hydrogens is 480 g/mol. The average molecular weight is 513 g/mol. The summed E-state index contributed by atoms with van der Waals surface area (Å²) < 4.78 is 0. The molecule has 3 N–H and O–H groups in total. The number of nitrogens with zero attached hydrogens (tertiary/aromatic N) is 4. The van der Waals surface area contributed by atoms with E-state index in [1.54, 1.807) is 6.20 Å². The van der Waals surface area contributed by atoms with E-state index in [4.69, 9.17) is 4.98 Å². The minimum atomic E-state index is -0.907. The van der Waals surface area contributed by atoms with Crippen LogP contribution in [0.15, 0.2) is 54.7 Å². The Morgan fingerprint density at radius 3 is 2.37 bits per heavy atom. The summed E-state index contributed by atoms with van der Waals surface area (Å²) in [6.45, 7) is 4.30. The van der Waals surface area contributed by atoms with E-state index in [9.17, 15) is 14.7 Å². The van der Waals surface area contributed by atoms with Crippen LogP contribution in [0.2, 0.25) is 0 Å². The van der Waals surface area contributed by atoms with Crippen LogP contribution in [0.5, 0.6) is 0 Å². The number of aromatic nitrogens is 4. The summed E-state index contributed by atoms with van der Waals surface area (Å²) in [5, 5.41) is 9.43. The molecule has 1 amide bonds. The van der Waals surface area contributed by atoms with E-state index in [0.29, 0.717) is 30.3 Å². The predicted molar refractivity (Wildman–Crippen MR) is 146 cm³/mol. The van der Waals surface area contributed by atoms with E-state index < -0.39 is 6.09 Å². The third kappa shape index (κ3) is 5.24. The molecule has 4 aromatic rings. The summed E-state index contributed by atoms with van der Waals surface area (Å²) in [5.74, 6) is 1.47. The van der Waals surface area contributed by atoms with Crippen LogP contribution >= 0.6 is 0 Å². The number of hydrogen-bond acceptors (Lipinski definition) is 5. The number of carboxylic acid groups (broad SMARTS) is 1. The number of hydrogen-bond donors (Lipinski definition) is 3. The van der Waals surface area contributed by atoms with Gasteiger partial charge in [0.15, 0.2) is 6.29 Å². The van der Waals surface area contributed by atoms with Gasteiger partial charge < -0.3 is 15.1 Å². The van der Waals surface area contributed by atoms with Gasteiger partial charge in [-0.05, 0) is 49.5 Å². The summed E-state index contributed by atoms with van der Waals surface area (Å²) in [4.78, 5) is 42.4. The molecular formula is C29H32N6O3. The molecule has 196 valence electrons. The van der Waals surface area contributed by atoms with Crippen LogP contribution < -0.4 is 0 Å². The molecule has 1 saturated heterocycles. The van der Waals surface area contributed by atoms with Gasteiger partial charge in [-0.1, -0.05) is 55.5 Å². The molecule has 0 radical (unpaired) electrons. The highest BCUT2D eigenvalue weighted by molar-refractivity contribution is 5.84. The van der Waals surface area contributed by atoms with Crippen LogP contribution in [0, 0.1) is 0 Å². The SMILES string of the molecule is CCCN(C)Cc1nc(-c2ccc(-c3ccc(-c4cnc([C@@H]5CCCN5C(=O)O)[nH]4)cc3)cc2)c(C=O)[nH]1. The van der Waals surface area contributed by atoms with E-state index in [0.717, 1.165) is 65.9 Å². The first kappa shape index (κ1) is 25.4. The van der Waals surface area contributed by atoms with Gasteiger partial charge in [0, 0.05) is 12.1 Å². The minimum absolute atomic E-state index is 0.221. The van der Waals surface area contributed by atoms with E-state index in [2.05, 4.69) is 38.9 Å². The van der Waals surface area contributed by atoms with E-state index in [-0.39, 0.29) is 6.04 Å². The molecule has 9 nitrogen and oxygen atoms in total. The van der Waals surface area contributed by atoms with Crippen molar-refractivity contribution >= 4 is 12.4 Å². The molecule has 1 fully saturated rings. The van der Waals surface area contributed by atoms with Gasteiger partial charge in [-0.25, -0.2) is 14.8 Å². The maximum atomic E-state index is 11.7. The average Bonchev–Trinajstić information content (AvgIpc) is 3.68. The van der Waals surface area contributed by atoms with Crippen LogP contribution in [0.3, 0.4) is 0 Å². The lowest BCUT2D eigenvalue weighted by molar-refractivity contribution is 0.111. The number of nitrogens with one attached hydrogen (secondary N) is 2. The van der Waals surface area contributed by atoms with Crippen molar-refractivity contribution in [1.29, 1.82) is 0 Å². The van der Waals surface area contributed by atoms with Crippen molar-refractivity contribution in [3.05, 3.63) is 72.1 Å². The van der Waals surface area contributed by atoms with Crippen molar-refractivity contribution < 1.29 is 14.7 Å². The van der Waals surface area contributed by atoms with Gasteiger partial charge in [-0.2, -0.15) is 0 Å². The molecule has 1 atom stereocenters. The Hall–Kier alpha value is -4.24. The highest BCUT2D eigenvalue weighted by Gasteiger charge is 2.31. The number of H-pyrrole nitrogens is 2.